The Bertz CT molecular complexity index is 1250. The van der Waals surface area contributed by atoms with Crippen molar-refractivity contribution in [1.82, 2.24) is 15.0 Å². The van der Waals surface area contributed by atoms with E-state index in [1.165, 1.54) is 6.07 Å². The van der Waals surface area contributed by atoms with E-state index in [-0.39, 0.29) is 11.9 Å². The maximum atomic E-state index is 14.8. The van der Waals surface area contributed by atoms with Gasteiger partial charge < -0.3 is 10.2 Å². The first-order chi connectivity index (χ1) is 16.6. The van der Waals surface area contributed by atoms with Crippen molar-refractivity contribution >= 4 is 22.4 Å². The molecule has 2 aromatic heterocycles. The van der Waals surface area contributed by atoms with E-state index in [4.69, 9.17) is 9.97 Å². The van der Waals surface area contributed by atoms with Gasteiger partial charge in [0.05, 0.1) is 22.3 Å². The molecular formula is C27H28FN5S. The number of anilines is 2. The molecule has 5 rings (SSSR count). The Morgan fingerprint density at radius 1 is 1.00 bits per heavy atom. The second kappa shape index (κ2) is 9.89. The SMILES string of the molecule is CC1CCN(c2nc(-c3ccccc3F)c(-c3ccnc(NC(C)c4ccccc4)n3)s2)CC1. The molecule has 0 saturated carbocycles. The van der Waals surface area contributed by atoms with Crippen LogP contribution in [0.3, 0.4) is 0 Å². The molecule has 0 aliphatic carbocycles. The topological polar surface area (TPSA) is 53.9 Å². The maximum Gasteiger partial charge on any atom is 0.223 e. The molecule has 0 radical (unpaired) electrons. The molecule has 1 aliphatic heterocycles. The van der Waals surface area contributed by atoms with Gasteiger partial charge in [-0.15, -0.1) is 0 Å². The first kappa shape index (κ1) is 22.5. The van der Waals surface area contributed by atoms with E-state index < -0.39 is 0 Å². The van der Waals surface area contributed by atoms with E-state index in [9.17, 15) is 4.39 Å². The minimum Gasteiger partial charge on any atom is -0.348 e. The molecule has 174 valence electrons. The van der Waals surface area contributed by atoms with E-state index in [0.717, 1.165) is 53.1 Å². The Labute approximate surface area is 203 Å². The summed E-state index contributed by atoms with van der Waals surface area (Å²) in [4.78, 5) is 17.3. The lowest BCUT2D eigenvalue weighted by atomic mass is 10.00. The van der Waals surface area contributed by atoms with Gasteiger partial charge in [-0.1, -0.05) is 60.7 Å². The van der Waals surface area contributed by atoms with Gasteiger partial charge in [-0.05, 0) is 49.4 Å². The summed E-state index contributed by atoms with van der Waals surface area (Å²) in [5, 5.41) is 4.31. The number of nitrogens with zero attached hydrogens (tertiary/aromatic N) is 4. The van der Waals surface area contributed by atoms with Crippen LogP contribution < -0.4 is 10.2 Å². The lowest BCUT2D eigenvalue weighted by Gasteiger charge is -2.29. The number of piperidine rings is 1. The van der Waals surface area contributed by atoms with Gasteiger partial charge in [0.25, 0.3) is 0 Å². The summed E-state index contributed by atoms with van der Waals surface area (Å²) in [5.41, 5.74) is 3.03. The van der Waals surface area contributed by atoms with E-state index in [2.05, 4.69) is 41.2 Å². The van der Waals surface area contributed by atoms with Gasteiger partial charge in [0.15, 0.2) is 5.13 Å². The predicted octanol–water partition coefficient (Wildman–Crippen LogP) is 6.82. The van der Waals surface area contributed by atoms with Gasteiger partial charge in [0.1, 0.15) is 5.82 Å². The molecule has 1 aliphatic rings. The zero-order valence-corrected chi connectivity index (χ0v) is 20.2. The number of rotatable bonds is 6. The molecule has 5 nitrogen and oxygen atoms in total. The van der Waals surface area contributed by atoms with Gasteiger partial charge in [0.2, 0.25) is 5.95 Å². The smallest absolute Gasteiger partial charge is 0.223 e. The minimum absolute atomic E-state index is 0.0508. The third-order valence-corrected chi connectivity index (χ3v) is 7.47. The number of hydrogen-bond donors (Lipinski definition) is 1. The van der Waals surface area contributed by atoms with Gasteiger partial charge in [-0.2, -0.15) is 0 Å². The fourth-order valence-corrected chi connectivity index (χ4v) is 5.33. The average molecular weight is 474 g/mol. The van der Waals surface area contributed by atoms with E-state index in [0.29, 0.717) is 17.2 Å². The van der Waals surface area contributed by atoms with Crippen molar-refractivity contribution in [2.45, 2.75) is 32.7 Å². The van der Waals surface area contributed by atoms with Crippen molar-refractivity contribution in [3.05, 3.63) is 78.2 Å². The van der Waals surface area contributed by atoms with Gasteiger partial charge in [-0.25, -0.2) is 19.3 Å². The molecule has 1 fully saturated rings. The van der Waals surface area contributed by atoms with Crippen molar-refractivity contribution < 1.29 is 4.39 Å². The molecule has 3 heterocycles. The second-order valence-corrected chi connectivity index (χ2v) is 9.84. The largest absolute Gasteiger partial charge is 0.348 e. The first-order valence-corrected chi connectivity index (χ1v) is 12.6. The van der Waals surface area contributed by atoms with Crippen LogP contribution in [0.15, 0.2) is 66.9 Å². The number of nitrogens with one attached hydrogen (secondary N) is 1. The Morgan fingerprint density at radius 3 is 2.50 bits per heavy atom. The Morgan fingerprint density at radius 2 is 1.74 bits per heavy atom. The van der Waals surface area contributed by atoms with Crippen molar-refractivity contribution in [3.8, 4) is 21.8 Å². The van der Waals surface area contributed by atoms with Crippen molar-refractivity contribution in [2.75, 3.05) is 23.3 Å². The molecular weight excluding hydrogens is 445 g/mol. The molecule has 0 spiro atoms. The highest BCUT2D eigenvalue weighted by atomic mass is 32.1. The van der Waals surface area contributed by atoms with Crippen LogP contribution in [0.2, 0.25) is 0 Å². The predicted molar refractivity (Wildman–Crippen MR) is 138 cm³/mol. The number of thiazole rings is 1. The summed E-state index contributed by atoms with van der Waals surface area (Å²) in [6, 6.07) is 18.9. The molecule has 7 heteroatoms. The van der Waals surface area contributed by atoms with Crippen LogP contribution in [0, 0.1) is 11.7 Å². The van der Waals surface area contributed by atoms with Crippen LogP contribution in [-0.4, -0.2) is 28.0 Å². The van der Waals surface area contributed by atoms with E-state index >= 15 is 0 Å². The number of benzene rings is 2. The summed E-state index contributed by atoms with van der Waals surface area (Å²) in [7, 11) is 0. The van der Waals surface area contributed by atoms with Crippen LogP contribution in [0.5, 0.6) is 0 Å². The van der Waals surface area contributed by atoms with Gasteiger partial charge in [0, 0.05) is 24.8 Å². The molecule has 1 N–H and O–H groups in total. The second-order valence-electron chi connectivity index (χ2n) is 8.87. The normalized spacial score (nSPS) is 15.3. The van der Waals surface area contributed by atoms with Crippen LogP contribution in [0.4, 0.5) is 15.5 Å². The Balaban J connectivity index is 1.51. The summed E-state index contributed by atoms with van der Waals surface area (Å²) in [5.74, 6) is 0.983. The molecule has 2 aromatic carbocycles. The third kappa shape index (κ3) is 4.80. The third-order valence-electron chi connectivity index (χ3n) is 6.33. The Hall–Kier alpha value is -3.32. The highest BCUT2D eigenvalue weighted by Gasteiger charge is 2.24. The molecule has 1 atom stereocenters. The summed E-state index contributed by atoms with van der Waals surface area (Å²) < 4.78 is 14.8. The molecule has 4 aromatic rings. The Kier molecular flexibility index (Phi) is 6.54. The van der Waals surface area contributed by atoms with Gasteiger partial charge in [-0.3, -0.25) is 0 Å². The molecule has 1 saturated heterocycles. The molecule has 34 heavy (non-hydrogen) atoms. The average Bonchev–Trinajstić information content (AvgIpc) is 3.31. The maximum absolute atomic E-state index is 14.8. The zero-order valence-electron chi connectivity index (χ0n) is 19.4. The molecule has 0 bridgehead atoms. The minimum atomic E-state index is -0.280. The van der Waals surface area contributed by atoms with Crippen LogP contribution in [0.25, 0.3) is 21.8 Å². The highest BCUT2D eigenvalue weighted by Crippen LogP contribution is 2.41. The molecule has 1 unspecified atom stereocenters. The first-order valence-electron chi connectivity index (χ1n) is 11.7. The lowest BCUT2D eigenvalue weighted by Crippen LogP contribution is -2.32. The summed E-state index contributed by atoms with van der Waals surface area (Å²) in [6.07, 6.45) is 4.03. The zero-order chi connectivity index (χ0) is 23.5. The van der Waals surface area contributed by atoms with Gasteiger partial charge >= 0.3 is 0 Å². The summed E-state index contributed by atoms with van der Waals surface area (Å²) in [6.45, 7) is 6.31. The van der Waals surface area contributed by atoms with Crippen LogP contribution in [-0.2, 0) is 0 Å². The van der Waals surface area contributed by atoms with E-state index in [1.54, 1.807) is 29.7 Å². The highest BCUT2D eigenvalue weighted by molar-refractivity contribution is 7.19. The molecule has 0 amide bonds. The van der Waals surface area contributed by atoms with Crippen LogP contribution in [0.1, 0.15) is 38.3 Å². The lowest BCUT2D eigenvalue weighted by molar-refractivity contribution is 0.438. The fraction of sp³-hybridized carbons (Fsp3) is 0.296. The van der Waals surface area contributed by atoms with Crippen LogP contribution >= 0.6 is 11.3 Å². The number of hydrogen-bond acceptors (Lipinski definition) is 6. The van der Waals surface area contributed by atoms with Crippen molar-refractivity contribution in [2.24, 2.45) is 5.92 Å². The van der Waals surface area contributed by atoms with Crippen molar-refractivity contribution in [1.29, 1.82) is 0 Å². The number of halogens is 1. The standard InChI is InChI=1S/C27H28FN5S/c1-18-13-16-33(17-14-18)27-32-24(21-10-6-7-11-22(21)28)25(34-27)23-12-15-29-26(31-23)30-19(2)20-8-4-3-5-9-20/h3-12,15,18-19H,13-14,16-17H2,1-2H3,(H,29,30,31). The fourth-order valence-electron chi connectivity index (χ4n) is 4.23. The quantitative estimate of drug-likeness (QED) is 0.333. The monoisotopic (exact) mass is 473 g/mol. The van der Waals surface area contributed by atoms with E-state index in [1.807, 2.05) is 30.3 Å². The van der Waals surface area contributed by atoms with Crippen molar-refractivity contribution in [3.63, 3.8) is 0 Å². The number of aromatic nitrogens is 3. The summed E-state index contributed by atoms with van der Waals surface area (Å²) >= 11 is 1.58.